The maximum absolute atomic E-state index is 12.4. The first kappa shape index (κ1) is 17.3. The number of primary amides is 1. The number of carbonyl (C=O) groups excluding carboxylic acids is 2. The second-order valence-electron chi connectivity index (χ2n) is 6.14. The van der Waals surface area contributed by atoms with Crippen LogP contribution >= 0.6 is 0 Å². The van der Waals surface area contributed by atoms with Crippen molar-refractivity contribution in [1.29, 1.82) is 0 Å². The van der Waals surface area contributed by atoms with Crippen LogP contribution in [0.3, 0.4) is 0 Å². The van der Waals surface area contributed by atoms with Crippen molar-refractivity contribution in [3.8, 4) is 11.1 Å². The van der Waals surface area contributed by atoms with Gasteiger partial charge in [-0.05, 0) is 12.5 Å². The Labute approximate surface area is 146 Å². The van der Waals surface area contributed by atoms with Crippen molar-refractivity contribution in [1.82, 2.24) is 15.1 Å². The zero-order valence-electron chi connectivity index (χ0n) is 14.2. The van der Waals surface area contributed by atoms with Crippen molar-refractivity contribution < 1.29 is 14.3 Å². The molecule has 132 valence electrons. The van der Waals surface area contributed by atoms with E-state index in [0.29, 0.717) is 17.5 Å². The molecule has 2 heterocycles. The van der Waals surface area contributed by atoms with Gasteiger partial charge in [-0.3, -0.25) is 19.6 Å². The van der Waals surface area contributed by atoms with Gasteiger partial charge in [-0.2, -0.15) is 5.10 Å². The van der Waals surface area contributed by atoms with Gasteiger partial charge in [-0.15, -0.1) is 0 Å². The van der Waals surface area contributed by atoms with Crippen LogP contribution in [0, 0.1) is 6.92 Å². The lowest BCUT2D eigenvalue weighted by Crippen LogP contribution is -2.37. The van der Waals surface area contributed by atoms with E-state index in [1.54, 1.807) is 12.1 Å². The lowest BCUT2D eigenvalue weighted by Gasteiger charge is -2.26. The second kappa shape index (κ2) is 7.58. The van der Waals surface area contributed by atoms with Crippen LogP contribution in [0.5, 0.6) is 0 Å². The van der Waals surface area contributed by atoms with Crippen LogP contribution in [0.4, 0.5) is 0 Å². The van der Waals surface area contributed by atoms with Crippen molar-refractivity contribution >= 4 is 11.7 Å². The average molecular weight is 342 g/mol. The SMILES string of the molecule is Cc1[nH]nc(C(N)=O)c1-c1ccc(C(=O)CCN2CCOCC2)cc1. The van der Waals surface area contributed by atoms with E-state index in [-0.39, 0.29) is 11.5 Å². The molecule has 0 aliphatic carbocycles. The third kappa shape index (κ3) is 3.94. The number of Topliss-reactive ketones (excluding diaryl/α,β-unsaturated/α-hetero) is 1. The topological polar surface area (TPSA) is 101 Å². The number of nitrogens with zero attached hydrogens (tertiary/aromatic N) is 2. The third-order valence-corrected chi connectivity index (χ3v) is 4.43. The van der Waals surface area contributed by atoms with Crippen LogP contribution in [0.25, 0.3) is 11.1 Å². The summed E-state index contributed by atoms with van der Waals surface area (Å²) in [5.74, 6) is -0.470. The van der Waals surface area contributed by atoms with Crippen molar-refractivity contribution in [2.75, 3.05) is 32.8 Å². The van der Waals surface area contributed by atoms with Crippen LogP contribution < -0.4 is 5.73 Å². The fraction of sp³-hybridized carbons (Fsp3) is 0.389. The van der Waals surface area contributed by atoms with Crippen LogP contribution in [-0.2, 0) is 4.74 Å². The van der Waals surface area contributed by atoms with E-state index in [4.69, 9.17) is 10.5 Å². The quantitative estimate of drug-likeness (QED) is 0.773. The van der Waals surface area contributed by atoms with E-state index >= 15 is 0 Å². The maximum atomic E-state index is 12.4. The van der Waals surface area contributed by atoms with E-state index in [9.17, 15) is 9.59 Å². The van der Waals surface area contributed by atoms with Crippen molar-refractivity contribution in [3.63, 3.8) is 0 Å². The largest absolute Gasteiger partial charge is 0.379 e. The smallest absolute Gasteiger partial charge is 0.269 e. The van der Waals surface area contributed by atoms with Crippen LogP contribution in [0.2, 0.25) is 0 Å². The minimum atomic E-state index is -0.579. The number of benzene rings is 1. The summed E-state index contributed by atoms with van der Waals surface area (Å²) in [6.45, 7) is 5.79. The fourth-order valence-electron chi connectivity index (χ4n) is 3.01. The van der Waals surface area contributed by atoms with Gasteiger partial charge in [0, 0.05) is 42.9 Å². The van der Waals surface area contributed by atoms with Gasteiger partial charge in [-0.25, -0.2) is 0 Å². The molecule has 7 heteroatoms. The molecule has 1 amide bonds. The summed E-state index contributed by atoms with van der Waals surface area (Å²) in [4.78, 5) is 26.1. The molecule has 0 bridgehead atoms. The molecule has 3 rings (SSSR count). The Bertz CT molecular complexity index is 761. The van der Waals surface area contributed by atoms with Gasteiger partial charge in [0.15, 0.2) is 11.5 Å². The number of nitrogens with one attached hydrogen (secondary N) is 1. The average Bonchev–Trinajstić information content (AvgIpc) is 3.02. The number of hydrogen-bond donors (Lipinski definition) is 2. The zero-order chi connectivity index (χ0) is 17.8. The molecule has 0 radical (unpaired) electrons. The molecule has 1 aliphatic heterocycles. The second-order valence-corrected chi connectivity index (χ2v) is 6.14. The number of aromatic amines is 1. The molecule has 1 aliphatic rings. The molecule has 25 heavy (non-hydrogen) atoms. The summed E-state index contributed by atoms with van der Waals surface area (Å²) in [6, 6.07) is 7.22. The summed E-state index contributed by atoms with van der Waals surface area (Å²) in [7, 11) is 0. The number of rotatable bonds is 6. The Kier molecular flexibility index (Phi) is 5.25. The van der Waals surface area contributed by atoms with Crippen molar-refractivity contribution in [3.05, 3.63) is 41.2 Å². The van der Waals surface area contributed by atoms with Gasteiger partial charge >= 0.3 is 0 Å². The lowest BCUT2D eigenvalue weighted by molar-refractivity contribution is 0.0370. The predicted octanol–water partition coefficient (Wildman–Crippen LogP) is 1.39. The molecule has 1 saturated heterocycles. The first-order valence-corrected chi connectivity index (χ1v) is 8.35. The highest BCUT2D eigenvalue weighted by Crippen LogP contribution is 2.26. The Morgan fingerprint density at radius 3 is 2.56 bits per heavy atom. The van der Waals surface area contributed by atoms with Gasteiger partial charge in [0.25, 0.3) is 5.91 Å². The van der Waals surface area contributed by atoms with E-state index in [1.807, 2.05) is 19.1 Å². The first-order valence-electron chi connectivity index (χ1n) is 8.35. The first-order chi connectivity index (χ1) is 12.1. The number of amides is 1. The molecule has 0 saturated carbocycles. The Morgan fingerprint density at radius 2 is 1.92 bits per heavy atom. The molecule has 1 aromatic heterocycles. The molecule has 1 aromatic carbocycles. The molecule has 0 unspecified atom stereocenters. The molecule has 0 atom stereocenters. The van der Waals surface area contributed by atoms with Crippen LogP contribution in [-0.4, -0.2) is 59.6 Å². The molecule has 2 aromatic rings. The van der Waals surface area contributed by atoms with Crippen molar-refractivity contribution in [2.45, 2.75) is 13.3 Å². The Morgan fingerprint density at radius 1 is 1.24 bits per heavy atom. The predicted molar refractivity (Wildman–Crippen MR) is 93.5 cm³/mol. The fourth-order valence-corrected chi connectivity index (χ4v) is 3.01. The number of H-pyrrole nitrogens is 1. The Balaban J connectivity index is 1.68. The number of ketones is 1. The zero-order valence-corrected chi connectivity index (χ0v) is 14.2. The van der Waals surface area contributed by atoms with Crippen LogP contribution in [0.1, 0.15) is 33.0 Å². The molecular formula is C18H22N4O3. The number of carbonyl (C=O) groups is 2. The summed E-state index contributed by atoms with van der Waals surface area (Å²) in [5, 5.41) is 6.73. The van der Waals surface area contributed by atoms with Gasteiger partial charge in [0.2, 0.25) is 0 Å². The molecule has 1 fully saturated rings. The standard InChI is InChI=1S/C18H22N4O3/c1-12-16(17(18(19)24)21-20-12)14-4-2-13(3-5-14)15(23)6-7-22-8-10-25-11-9-22/h2-5H,6-11H2,1H3,(H2,19,24)(H,20,21). The monoisotopic (exact) mass is 342 g/mol. The summed E-state index contributed by atoms with van der Waals surface area (Å²) in [5.41, 5.74) is 8.50. The molecule has 0 spiro atoms. The number of ether oxygens (including phenoxy) is 1. The van der Waals surface area contributed by atoms with Gasteiger partial charge in [0.05, 0.1) is 13.2 Å². The summed E-state index contributed by atoms with van der Waals surface area (Å²) < 4.78 is 5.31. The molecule has 7 nitrogen and oxygen atoms in total. The highest BCUT2D eigenvalue weighted by atomic mass is 16.5. The van der Waals surface area contributed by atoms with E-state index in [0.717, 1.165) is 44.1 Å². The lowest BCUT2D eigenvalue weighted by atomic mass is 9.99. The highest BCUT2D eigenvalue weighted by molar-refractivity contribution is 5.99. The number of hydrogen-bond acceptors (Lipinski definition) is 5. The van der Waals surface area contributed by atoms with E-state index in [2.05, 4.69) is 15.1 Å². The van der Waals surface area contributed by atoms with E-state index in [1.165, 1.54) is 0 Å². The summed E-state index contributed by atoms with van der Waals surface area (Å²) >= 11 is 0. The van der Waals surface area contributed by atoms with Gasteiger partial charge in [0.1, 0.15) is 0 Å². The normalized spacial score (nSPS) is 15.2. The number of nitrogens with two attached hydrogens (primary N) is 1. The van der Waals surface area contributed by atoms with Gasteiger partial charge < -0.3 is 10.5 Å². The van der Waals surface area contributed by atoms with Gasteiger partial charge in [-0.1, -0.05) is 24.3 Å². The highest BCUT2D eigenvalue weighted by Gasteiger charge is 2.17. The molecular weight excluding hydrogens is 320 g/mol. The van der Waals surface area contributed by atoms with Crippen LogP contribution in [0.15, 0.2) is 24.3 Å². The van der Waals surface area contributed by atoms with E-state index < -0.39 is 5.91 Å². The number of morpholine rings is 1. The minimum Gasteiger partial charge on any atom is -0.379 e. The summed E-state index contributed by atoms with van der Waals surface area (Å²) in [6.07, 6.45) is 0.483. The minimum absolute atomic E-state index is 0.108. The Hall–Kier alpha value is -2.51. The maximum Gasteiger partial charge on any atom is 0.269 e. The number of aromatic nitrogens is 2. The molecule has 3 N–H and O–H groups in total. The van der Waals surface area contributed by atoms with Crippen molar-refractivity contribution in [2.24, 2.45) is 5.73 Å². The number of aryl methyl sites for hydroxylation is 1. The third-order valence-electron chi connectivity index (χ3n) is 4.43.